The molecule has 2 aromatic carbocycles. The van der Waals surface area contributed by atoms with Crippen molar-refractivity contribution in [2.24, 2.45) is 0 Å². The molecule has 1 aliphatic rings. The Morgan fingerprint density at radius 3 is 2.43 bits per heavy atom. The van der Waals surface area contributed by atoms with Crippen molar-refractivity contribution >= 4 is 15.9 Å². The van der Waals surface area contributed by atoms with Crippen LogP contribution in [0.3, 0.4) is 0 Å². The van der Waals surface area contributed by atoms with Gasteiger partial charge in [0.15, 0.2) is 0 Å². The fraction of sp³-hybridized carbons (Fsp3) is 0.333. The standard InChI is InChI=1S/C18H19BrFN/c1-12(17-4-2-3-5-18(17)20)21-16-10-14(11-16)13-6-8-15(19)9-7-13/h2-9,12,14,16,21H,10-11H2,1H3. The van der Waals surface area contributed by atoms with Crippen LogP contribution >= 0.6 is 15.9 Å². The number of halogens is 2. The summed E-state index contributed by atoms with van der Waals surface area (Å²) in [5, 5.41) is 3.54. The molecule has 1 fully saturated rings. The van der Waals surface area contributed by atoms with Crippen LogP contribution in [0.2, 0.25) is 0 Å². The molecular weight excluding hydrogens is 329 g/mol. The van der Waals surface area contributed by atoms with Gasteiger partial charge in [-0.25, -0.2) is 4.39 Å². The summed E-state index contributed by atoms with van der Waals surface area (Å²) < 4.78 is 14.9. The van der Waals surface area contributed by atoms with Gasteiger partial charge in [0.1, 0.15) is 5.82 Å². The Bertz CT molecular complexity index is 605. The predicted molar refractivity (Wildman–Crippen MR) is 87.9 cm³/mol. The van der Waals surface area contributed by atoms with Crippen molar-refractivity contribution in [2.75, 3.05) is 0 Å². The molecule has 0 bridgehead atoms. The van der Waals surface area contributed by atoms with Gasteiger partial charge in [-0.3, -0.25) is 0 Å². The van der Waals surface area contributed by atoms with Gasteiger partial charge in [0, 0.05) is 22.1 Å². The fourth-order valence-corrected chi connectivity index (χ4v) is 3.29. The summed E-state index contributed by atoms with van der Waals surface area (Å²) >= 11 is 3.46. The molecule has 0 spiro atoms. The molecule has 0 amide bonds. The van der Waals surface area contributed by atoms with E-state index in [4.69, 9.17) is 0 Å². The topological polar surface area (TPSA) is 12.0 Å². The molecule has 21 heavy (non-hydrogen) atoms. The van der Waals surface area contributed by atoms with Crippen LogP contribution in [0.1, 0.15) is 42.9 Å². The van der Waals surface area contributed by atoms with Crippen LogP contribution in [0.5, 0.6) is 0 Å². The summed E-state index contributed by atoms with van der Waals surface area (Å²) in [4.78, 5) is 0. The average Bonchev–Trinajstić information content (AvgIpc) is 2.44. The van der Waals surface area contributed by atoms with E-state index in [0.29, 0.717) is 12.0 Å². The van der Waals surface area contributed by atoms with Crippen LogP contribution in [-0.4, -0.2) is 6.04 Å². The maximum atomic E-state index is 13.7. The first-order valence-electron chi connectivity index (χ1n) is 7.39. The number of nitrogens with one attached hydrogen (secondary N) is 1. The van der Waals surface area contributed by atoms with E-state index in [0.717, 1.165) is 22.9 Å². The fourth-order valence-electron chi connectivity index (χ4n) is 3.03. The Kier molecular flexibility index (Phi) is 4.41. The van der Waals surface area contributed by atoms with Gasteiger partial charge in [0.05, 0.1) is 0 Å². The molecule has 2 aromatic rings. The molecule has 1 aliphatic carbocycles. The van der Waals surface area contributed by atoms with Crippen LogP contribution in [-0.2, 0) is 0 Å². The number of hydrogen-bond donors (Lipinski definition) is 1. The van der Waals surface area contributed by atoms with Crippen molar-refractivity contribution in [3.8, 4) is 0 Å². The van der Waals surface area contributed by atoms with Gasteiger partial charge in [0.2, 0.25) is 0 Å². The summed E-state index contributed by atoms with van der Waals surface area (Å²) in [5.41, 5.74) is 2.15. The average molecular weight is 348 g/mol. The van der Waals surface area contributed by atoms with E-state index in [1.165, 1.54) is 11.6 Å². The summed E-state index contributed by atoms with van der Waals surface area (Å²) in [7, 11) is 0. The maximum Gasteiger partial charge on any atom is 0.127 e. The van der Waals surface area contributed by atoms with E-state index in [2.05, 4.69) is 45.5 Å². The SMILES string of the molecule is CC(NC1CC(c2ccc(Br)cc2)C1)c1ccccc1F. The van der Waals surface area contributed by atoms with Crippen molar-refractivity contribution < 1.29 is 4.39 Å². The molecule has 1 nitrogen and oxygen atoms in total. The Morgan fingerprint density at radius 2 is 1.76 bits per heavy atom. The highest BCUT2D eigenvalue weighted by Gasteiger charge is 2.31. The Hall–Kier alpha value is -1.19. The zero-order chi connectivity index (χ0) is 14.8. The third kappa shape index (κ3) is 3.35. The highest BCUT2D eigenvalue weighted by Crippen LogP contribution is 2.38. The van der Waals surface area contributed by atoms with Crippen LogP contribution in [0.25, 0.3) is 0 Å². The minimum absolute atomic E-state index is 0.0575. The van der Waals surface area contributed by atoms with Crippen molar-refractivity contribution in [1.82, 2.24) is 5.32 Å². The van der Waals surface area contributed by atoms with E-state index >= 15 is 0 Å². The second kappa shape index (κ2) is 6.29. The zero-order valence-corrected chi connectivity index (χ0v) is 13.6. The van der Waals surface area contributed by atoms with Crippen LogP contribution in [0.15, 0.2) is 53.0 Å². The Balaban J connectivity index is 1.55. The molecule has 3 rings (SSSR count). The van der Waals surface area contributed by atoms with Gasteiger partial charge in [-0.05, 0) is 49.4 Å². The molecule has 0 heterocycles. The third-order valence-electron chi connectivity index (χ3n) is 4.34. The van der Waals surface area contributed by atoms with Crippen LogP contribution in [0, 0.1) is 5.82 Å². The third-order valence-corrected chi connectivity index (χ3v) is 4.87. The van der Waals surface area contributed by atoms with Crippen molar-refractivity contribution in [3.63, 3.8) is 0 Å². The molecule has 0 radical (unpaired) electrons. The van der Waals surface area contributed by atoms with Crippen molar-refractivity contribution in [3.05, 3.63) is 69.9 Å². The first-order chi connectivity index (χ1) is 10.1. The minimum atomic E-state index is -0.124. The maximum absolute atomic E-state index is 13.7. The normalized spacial score (nSPS) is 22.6. The van der Waals surface area contributed by atoms with E-state index in [9.17, 15) is 4.39 Å². The quantitative estimate of drug-likeness (QED) is 0.802. The van der Waals surface area contributed by atoms with E-state index in [-0.39, 0.29) is 11.9 Å². The van der Waals surface area contributed by atoms with Crippen molar-refractivity contribution in [1.29, 1.82) is 0 Å². The number of rotatable bonds is 4. The smallest absolute Gasteiger partial charge is 0.127 e. The lowest BCUT2D eigenvalue weighted by molar-refractivity contribution is 0.269. The summed E-state index contributed by atoms with van der Waals surface area (Å²) in [6.45, 7) is 2.03. The van der Waals surface area contributed by atoms with Gasteiger partial charge in [0.25, 0.3) is 0 Å². The lowest BCUT2D eigenvalue weighted by Crippen LogP contribution is -2.41. The zero-order valence-electron chi connectivity index (χ0n) is 12.0. The summed E-state index contributed by atoms with van der Waals surface area (Å²) in [6.07, 6.45) is 2.25. The second-order valence-corrected chi connectivity index (χ2v) is 6.74. The molecule has 110 valence electrons. The molecule has 0 aliphatic heterocycles. The van der Waals surface area contributed by atoms with Crippen molar-refractivity contribution in [2.45, 2.75) is 37.8 Å². The van der Waals surface area contributed by atoms with Gasteiger partial charge >= 0.3 is 0 Å². The molecule has 1 atom stereocenters. The monoisotopic (exact) mass is 347 g/mol. The van der Waals surface area contributed by atoms with E-state index in [1.807, 2.05) is 19.1 Å². The molecule has 1 unspecified atom stereocenters. The summed E-state index contributed by atoms with van der Waals surface area (Å²) in [6, 6.07) is 16.1. The lowest BCUT2D eigenvalue weighted by atomic mass is 9.75. The Labute approximate surface area is 133 Å². The molecule has 3 heteroatoms. The first-order valence-corrected chi connectivity index (χ1v) is 8.18. The second-order valence-electron chi connectivity index (χ2n) is 5.83. The highest BCUT2D eigenvalue weighted by atomic mass is 79.9. The van der Waals surface area contributed by atoms with Gasteiger partial charge in [-0.15, -0.1) is 0 Å². The summed E-state index contributed by atoms with van der Waals surface area (Å²) in [5.74, 6) is 0.504. The lowest BCUT2D eigenvalue weighted by Gasteiger charge is -2.38. The van der Waals surface area contributed by atoms with Gasteiger partial charge < -0.3 is 5.32 Å². The molecule has 1 saturated carbocycles. The number of hydrogen-bond acceptors (Lipinski definition) is 1. The highest BCUT2D eigenvalue weighted by molar-refractivity contribution is 9.10. The minimum Gasteiger partial charge on any atom is -0.307 e. The molecular formula is C18H19BrFN. The largest absolute Gasteiger partial charge is 0.307 e. The van der Waals surface area contributed by atoms with Gasteiger partial charge in [-0.1, -0.05) is 46.3 Å². The molecule has 0 aromatic heterocycles. The molecule has 0 saturated heterocycles. The molecule has 1 N–H and O–H groups in total. The van der Waals surface area contributed by atoms with Crippen LogP contribution < -0.4 is 5.32 Å². The Morgan fingerprint density at radius 1 is 1.10 bits per heavy atom. The predicted octanol–water partition coefficient (Wildman–Crippen LogP) is 5.19. The van der Waals surface area contributed by atoms with E-state index in [1.54, 1.807) is 6.07 Å². The first kappa shape index (κ1) is 14.7. The van der Waals surface area contributed by atoms with Gasteiger partial charge in [-0.2, -0.15) is 0 Å². The van der Waals surface area contributed by atoms with E-state index < -0.39 is 0 Å². The van der Waals surface area contributed by atoms with Crippen LogP contribution in [0.4, 0.5) is 4.39 Å². The number of benzene rings is 2.